The zero-order valence-corrected chi connectivity index (χ0v) is 19.6. The lowest BCUT2D eigenvalue weighted by atomic mass is 9.93. The Morgan fingerprint density at radius 2 is 2.07 bits per heavy atom. The zero-order chi connectivity index (χ0) is 21.5. The van der Waals surface area contributed by atoms with Gasteiger partial charge in [-0.3, -0.25) is 9.69 Å². The monoisotopic (exact) mass is 492 g/mol. The maximum atomic E-state index is 11.5. The van der Waals surface area contributed by atoms with Gasteiger partial charge in [-0.1, -0.05) is 15.9 Å². The Morgan fingerprint density at radius 3 is 2.73 bits per heavy atom. The van der Waals surface area contributed by atoms with Gasteiger partial charge in [0.2, 0.25) is 0 Å². The van der Waals surface area contributed by atoms with Crippen LogP contribution in [0.3, 0.4) is 0 Å². The van der Waals surface area contributed by atoms with Crippen LogP contribution in [0.1, 0.15) is 19.4 Å². The Hall–Kier alpha value is -2.10. The maximum absolute atomic E-state index is 11.5. The number of hydrogen-bond acceptors (Lipinski definition) is 7. The molecule has 0 spiro atoms. The van der Waals surface area contributed by atoms with Crippen LogP contribution in [0.15, 0.2) is 33.0 Å². The van der Waals surface area contributed by atoms with E-state index in [2.05, 4.69) is 31.0 Å². The second-order valence-electron chi connectivity index (χ2n) is 8.18. The van der Waals surface area contributed by atoms with E-state index in [4.69, 9.17) is 9.73 Å². The number of benzene rings is 1. The average Bonchev–Trinajstić information content (AvgIpc) is 3.03. The Balaban J connectivity index is 1.62. The molecule has 0 atom stereocenters. The van der Waals surface area contributed by atoms with Gasteiger partial charge in [0.15, 0.2) is 0 Å². The Bertz CT molecular complexity index is 996. The van der Waals surface area contributed by atoms with E-state index in [0.29, 0.717) is 6.54 Å². The summed E-state index contributed by atoms with van der Waals surface area (Å²) in [4.78, 5) is 21.0. The molecule has 0 amide bonds. The van der Waals surface area contributed by atoms with Gasteiger partial charge in [0.25, 0.3) is 0 Å². The number of nitrogens with zero attached hydrogens (tertiary/aromatic N) is 3. The SMILES string of the molecule is COc1csc2c1C(N1CCN(CC(C)(C)C(=O)O)CC1)=Nc1ccc(Br)cc1N2. The van der Waals surface area contributed by atoms with Crippen LogP contribution in [0.25, 0.3) is 0 Å². The van der Waals surface area contributed by atoms with Crippen molar-refractivity contribution in [2.45, 2.75) is 13.8 Å². The Morgan fingerprint density at radius 1 is 1.33 bits per heavy atom. The second kappa shape index (κ2) is 8.20. The molecule has 0 saturated carbocycles. The van der Waals surface area contributed by atoms with E-state index in [-0.39, 0.29) is 0 Å². The quantitative estimate of drug-likeness (QED) is 0.659. The van der Waals surface area contributed by atoms with Crippen LogP contribution in [-0.2, 0) is 4.79 Å². The van der Waals surface area contributed by atoms with Crippen LogP contribution in [-0.4, -0.2) is 66.5 Å². The molecule has 7 nitrogen and oxygen atoms in total. The van der Waals surface area contributed by atoms with Crippen molar-refractivity contribution in [3.63, 3.8) is 0 Å². The van der Waals surface area contributed by atoms with Crippen molar-refractivity contribution in [3.05, 3.63) is 33.6 Å². The number of ether oxygens (including phenoxy) is 1. The van der Waals surface area contributed by atoms with Gasteiger partial charge >= 0.3 is 5.97 Å². The number of nitrogens with one attached hydrogen (secondary N) is 1. The number of aliphatic carboxylic acids is 1. The van der Waals surface area contributed by atoms with E-state index in [1.807, 2.05) is 23.6 Å². The lowest BCUT2D eigenvalue weighted by molar-refractivity contribution is -0.148. The number of amidine groups is 1. The molecule has 30 heavy (non-hydrogen) atoms. The highest BCUT2D eigenvalue weighted by molar-refractivity contribution is 9.10. The second-order valence-corrected chi connectivity index (χ2v) is 9.98. The number of fused-ring (bicyclic) bond motifs is 2. The van der Waals surface area contributed by atoms with E-state index in [1.54, 1.807) is 32.3 Å². The number of methoxy groups -OCH3 is 1. The number of carboxylic acid groups (broad SMARTS) is 1. The van der Waals surface area contributed by atoms with Crippen molar-refractivity contribution in [2.24, 2.45) is 10.4 Å². The van der Waals surface area contributed by atoms with Crippen molar-refractivity contribution < 1.29 is 14.6 Å². The fourth-order valence-electron chi connectivity index (χ4n) is 3.77. The van der Waals surface area contributed by atoms with E-state index in [1.165, 1.54) is 0 Å². The van der Waals surface area contributed by atoms with Gasteiger partial charge in [-0.15, -0.1) is 11.3 Å². The van der Waals surface area contributed by atoms with Gasteiger partial charge in [-0.05, 0) is 32.0 Å². The molecular weight excluding hydrogens is 468 g/mol. The van der Waals surface area contributed by atoms with E-state index >= 15 is 0 Å². The molecule has 3 heterocycles. The minimum Gasteiger partial charge on any atom is -0.495 e. The molecule has 160 valence electrons. The summed E-state index contributed by atoms with van der Waals surface area (Å²) in [5.41, 5.74) is 2.05. The summed E-state index contributed by atoms with van der Waals surface area (Å²) in [6.07, 6.45) is 0. The number of thiophene rings is 1. The summed E-state index contributed by atoms with van der Waals surface area (Å²) in [6.45, 7) is 7.22. The highest BCUT2D eigenvalue weighted by Crippen LogP contribution is 2.43. The minimum absolute atomic E-state index is 0.536. The van der Waals surface area contributed by atoms with Gasteiger partial charge in [-0.2, -0.15) is 0 Å². The summed E-state index contributed by atoms with van der Waals surface area (Å²) >= 11 is 5.14. The molecule has 9 heteroatoms. The van der Waals surface area contributed by atoms with E-state index in [0.717, 1.165) is 64.2 Å². The number of anilines is 2. The molecule has 2 N–H and O–H groups in total. The zero-order valence-electron chi connectivity index (χ0n) is 17.2. The summed E-state index contributed by atoms with van der Waals surface area (Å²) in [6, 6.07) is 6.02. The number of rotatable bonds is 4. The van der Waals surface area contributed by atoms with Gasteiger partial charge in [0.1, 0.15) is 16.6 Å². The Labute approximate surface area is 188 Å². The third kappa shape index (κ3) is 4.06. The van der Waals surface area contributed by atoms with Crippen molar-refractivity contribution in [2.75, 3.05) is 45.2 Å². The molecule has 0 aliphatic carbocycles. The first-order valence-corrected chi connectivity index (χ1v) is 11.5. The summed E-state index contributed by atoms with van der Waals surface area (Å²) in [5, 5.41) is 16.0. The minimum atomic E-state index is -0.764. The molecule has 1 aromatic heterocycles. The average molecular weight is 493 g/mol. The standard InChI is InChI=1S/C21H25BrN4O3S/c1-21(2,20(27)28)12-25-6-8-26(9-7-25)18-17-16(29-3)11-30-19(17)24-15-10-13(22)4-5-14(15)23-18/h4-5,10-11,24H,6-9,12H2,1-3H3,(H,27,28). The first-order valence-electron chi connectivity index (χ1n) is 9.80. The molecule has 1 aromatic carbocycles. The fourth-order valence-corrected chi connectivity index (χ4v) is 5.05. The van der Waals surface area contributed by atoms with Crippen molar-refractivity contribution >= 4 is 55.4 Å². The van der Waals surface area contributed by atoms with Crippen LogP contribution in [0.2, 0.25) is 0 Å². The van der Waals surface area contributed by atoms with Gasteiger partial charge < -0.3 is 20.1 Å². The molecule has 1 fully saturated rings. The highest BCUT2D eigenvalue weighted by atomic mass is 79.9. The van der Waals surface area contributed by atoms with E-state index < -0.39 is 11.4 Å². The van der Waals surface area contributed by atoms with Crippen molar-refractivity contribution in [1.29, 1.82) is 0 Å². The molecule has 1 saturated heterocycles. The largest absolute Gasteiger partial charge is 0.495 e. The van der Waals surface area contributed by atoms with Crippen LogP contribution in [0.4, 0.5) is 16.4 Å². The molecule has 2 aliphatic rings. The third-order valence-electron chi connectivity index (χ3n) is 5.50. The molecule has 0 unspecified atom stereocenters. The predicted octanol–water partition coefficient (Wildman–Crippen LogP) is 4.38. The summed E-state index contributed by atoms with van der Waals surface area (Å²) in [7, 11) is 1.68. The maximum Gasteiger partial charge on any atom is 0.310 e. The first kappa shape index (κ1) is 21.1. The molecule has 2 aliphatic heterocycles. The lowest BCUT2D eigenvalue weighted by Crippen LogP contribution is -2.52. The molecule has 2 aromatic rings. The van der Waals surface area contributed by atoms with Crippen molar-refractivity contribution in [1.82, 2.24) is 9.80 Å². The number of carboxylic acids is 1. The van der Waals surface area contributed by atoms with Crippen molar-refractivity contribution in [3.8, 4) is 5.75 Å². The summed E-state index contributed by atoms with van der Waals surface area (Å²) < 4.78 is 6.64. The smallest absolute Gasteiger partial charge is 0.310 e. The fraction of sp³-hybridized carbons (Fsp3) is 0.429. The lowest BCUT2D eigenvalue weighted by Gasteiger charge is -2.38. The number of piperazine rings is 1. The molecule has 4 rings (SSSR count). The highest BCUT2D eigenvalue weighted by Gasteiger charge is 2.33. The van der Waals surface area contributed by atoms with Crippen LogP contribution < -0.4 is 10.1 Å². The molecular formula is C21H25BrN4O3S. The van der Waals surface area contributed by atoms with Gasteiger partial charge in [-0.25, -0.2) is 4.99 Å². The van der Waals surface area contributed by atoms with Gasteiger partial charge in [0.05, 0.1) is 29.5 Å². The first-order chi connectivity index (χ1) is 14.3. The topological polar surface area (TPSA) is 77.4 Å². The Kier molecular flexibility index (Phi) is 5.78. The van der Waals surface area contributed by atoms with Crippen LogP contribution in [0, 0.1) is 5.41 Å². The van der Waals surface area contributed by atoms with Crippen LogP contribution >= 0.6 is 27.3 Å². The summed E-state index contributed by atoms with van der Waals surface area (Å²) in [5.74, 6) is 0.941. The number of carbonyl (C=O) groups is 1. The molecule has 0 radical (unpaired) electrons. The predicted molar refractivity (Wildman–Crippen MR) is 124 cm³/mol. The van der Waals surface area contributed by atoms with E-state index in [9.17, 15) is 9.90 Å². The third-order valence-corrected chi connectivity index (χ3v) is 6.87. The van der Waals surface area contributed by atoms with Crippen LogP contribution in [0.5, 0.6) is 5.75 Å². The normalized spacial score (nSPS) is 16.8. The van der Waals surface area contributed by atoms with Gasteiger partial charge in [0, 0.05) is 42.6 Å². The number of hydrogen-bond donors (Lipinski definition) is 2. The number of halogens is 1. The molecule has 0 bridgehead atoms. The number of aliphatic imine (C=N–C) groups is 1.